The number of nitrogens with zero attached hydrogens (tertiary/aromatic N) is 1. The van der Waals surface area contributed by atoms with E-state index in [2.05, 4.69) is 4.74 Å². The van der Waals surface area contributed by atoms with Gasteiger partial charge in [-0.05, 0) is 36.0 Å². The van der Waals surface area contributed by atoms with Gasteiger partial charge in [0.25, 0.3) is 11.1 Å². The highest BCUT2D eigenvalue weighted by molar-refractivity contribution is 8.18. The van der Waals surface area contributed by atoms with E-state index < -0.39 is 23.7 Å². The van der Waals surface area contributed by atoms with Crippen molar-refractivity contribution in [3.63, 3.8) is 0 Å². The molecule has 2 amide bonds. The third-order valence-corrected chi connectivity index (χ3v) is 4.01. The number of thioether (sulfide) groups is 1. The Kier molecular flexibility index (Phi) is 5.10. The molecule has 0 aromatic heterocycles. The molecule has 1 aliphatic heterocycles. The van der Waals surface area contributed by atoms with Gasteiger partial charge in [-0.3, -0.25) is 19.3 Å². The summed E-state index contributed by atoms with van der Waals surface area (Å²) in [6, 6.07) is 4.93. The number of rotatable bonds is 4. The van der Waals surface area contributed by atoms with Crippen LogP contribution in [-0.4, -0.2) is 42.8 Å². The van der Waals surface area contributed by atoms with E-state index in [1.54, 1.807) is 18.2 Å². The molecule has 1 fully saturated rings. The largest absolute Gasteiger partial charge is 0.496 e. The lowest BCUT2D eigenvalue weighted by Gasteiger charge is -2.10. The SMILES string of the molecule is COC(=O)CN1C(=O)S/C(=C/c2cc(Cl)ccc2OC)C1=O. The number of hydrogen-bond acceptors (Lipinski definition) is 6. The molecule has 1 saturated heterocycles. The van der Waals surface area contributed by atoms with E-state index >= 15 is 0 Å². The monoisotopic (exact) mass is 341 g/mol. The van der Waals surface area contributed by atoms with Crippen molar-refractivity contribution in [2.24, 2.45) is 0 Å². The lowest BCUT2D eigenvalue weighted by Crippen LogP contribution is -2.34. The zero-order valence-electron chi connectivity index (χ0n) is 11.8. The highest BCUT2D eigenvalue weighted by Crippen LogP contribution is 2.34. The van der Waals surface area contributed by atoms with Crippen LogP contribution in [0.25, 0.3) is 6.08 Å². The van der Waals surface area contributed by atoms with Crippen molar-refractivity contribution in [2.45, 2.75) is 0 Å². The molecule has 22 heavy (non-hydrogen) atoms. The predicted octanol–water partition coefficient (Wildman–Crippen LogP) is 2.56. The summed E-state index contributed by atoms with van der Waals surface area (Å²) in [6.45, 7) is -0.412. The maximum absolute atomic E-state index is 12.2. The molecule has 116 valence electrons. The molecule has 1 aromatic carbocycles. The number of carbonyl (C=O) groups is 3. The number of carbonyl (C=O) groups excluding carboxylic acids is 3. The van der Waals surface area contributed by atoms with Crippen LogP contribution in [0.4, 0.5) is 4.79 Å². The molecule has 0 aliphatic carbocycles. The summed E-state index contributed by atoms with van der Waals surface area (Å²) in [5.41, 5.74) is 0.568. The lowest BCUT2D eigenvalue weighted by molar-refractivity contribution is -0.143. The first-order valence-electron chi connectivity index (χ1n) is 6.12. The van der Waals surface area contributed by atoms with E-state index in [9.17, 15) is 14.4 Å². The summed E-state index contributed by atoms with van der Waals surface area (Å²) in [5, 5.41) is -0.0523. The van der Waals surface area contributed by atoms with Crippen molar-refractivity contribution in [3.8, 4) is 5.75 Å². The molecule has 1 aliphatic rings. The summed E-state index contributed by atoms with van der Waals surface area (Å²) in [6.07, 6.45) is 1.51. The molecule has 0 N–H and O–H groups in total. The Bertz CT molecular complexity index is 673. The number of esters is 1. The summed E-state index contributed by atoms with van der Waals surface area (Å²) in [7, 11) is 2.68. The van der Waals surface area contributed by atoms with Crippen molar-refractivity contribution < 1.29 is 23.9 Å². The van der Waals surface area contributed by atoms with Crippen LogP contribution in [0.2, 0.25) is 5.02 Å². The van der Waals surface area contributed by atoms with E-state index in [-0.39, 0.29) is 4.91 Å². The minimum absolute atomic E-state index is 0.189. The van der Waals surface area contributed by atoms with Crippen LogP contribution in [0, 0.1) is 0 Å². The highest BCUT2D eigenvalue weighted by atomic mass is 35.5. The normalized spacial score (nSPS) is 16.3. The first-order valence-corrected chi connectivity index (χ1v) is 7.31. The van der Waals surface area contributed by atoms with E-state index in [1.807, 2.05) is 0 Å². The van der Waals surface area contributed by atoms with Gasteiger partial charge in [0.15, 0.2) is 0 Å². The molecule has 0 atom stereocenters. The molecule has 2 rings (SSSR count). The van der Waals surface area contributed by atoms with Gasteiger partial charge < -0.3 is 9.47 Å². The van der Waals surface area contributed by atoms with Crippen LogP contribution in [0.3, 0.4) is 0 Å². The highest BCUT2D eigenvalue weighted by Gasteiger charge is 2.36. The standard InChI is InChI=1S/C14H12ClNO5S/c1-20-10-4-3-9(15)5-8(10)6-11-13(18)16(14(19)22-11)7-12(17)21-2/h3-6H,7H2,1-2H3/b11-6+. The summed E-state index contributed by atoms with van der Waals surface area (Å²) < 4.78 is 9.65. The van der Waals surface area contributed by atoms with E-state index in [1.165, 1.54) is 20.3 Å². The minimum atomic E-state index is -0.663. The van der Waals surface area contributed by atoms with E-state index in [0.717, 1.165) is 16.7 Å². The maximum Gasteiger partial charge on any atom is 0.325 e. The third-order valence-electron chi connectivity index (χ3n) is 2.87. The predicted molar refractivity (Wildman–Crippen MR) is 82.7 cm³/mol. The number of imide groups is 1. The van der Waals surface area contributed by atoms with Crippen molar-refractivity contribution in [3.05, 3.63) is 33.7 Å². The Balaban J connectivity index is 2.30. The van der Waals surface area contributed by atoms with E-state index in [0.29, 0.717) is 16.3 Å². The van der Waals surface area contributed by atoms with Gasteiger partial charge in [-0.15, -0.1) is 0 Å². The van der Waals surface area contributed by atoms with Gasteiger partial charge in [0.05, 0.1) is 19.1 Å². The quantitative estimate of drug-likeness (QED) is 0.619. The fourth-order valence-corrected chi connectivity index (χ4v) is 2.80. The molecule has 6 nitrogen and oxygen atoms in total. The fourth-order valence-electron chi connectivity index (χ4n) is 1.79. The third kappa shape index (κ3) is 3.42. The first kappa shape index (κ1) is 16.4. The molecule has 1 heterocycles. The second-order valence-corrected chi connectivity index (χ2v) is 5.66. The van der Waals surface area contributed by atoms with Crippen LogP contribution in [0.1, 0.15) is 5.56 Å². The van der Waals surface area contributed by atoms with Gasteiger partial charge in [0.2, 0.25) is 0 Å². The molecule has 0 bridgehead atoms. The number of hydrogen-bond donors (Lipinski definition) is 0. The van der Waals surface area contributed by atoms with Crippen molar-refractivity contribution in [1.29, 1.82) is 0 Å². The zero-order valence-corrected chi connectivity index (χ0v) is 13.4. The summed E-state index contributed by atoms with van der Waals surface area (Å²) in [5.74, 6) is -0.699. The van der Waals surface area contributed by atoms with E-state index in [4.69, 9.17) is 16.3 Å². The van der Waals surface area contributed by atoms with Crippen molar-refractivity contribution in [2.75, 3.05) is 20.8 Å². The van der Waals surface area contributed by atoms with Crippen LogP contribution in [0.15, 0.2) is 23.1 Å². The lowest BCUT2D eigenvalue weighted by atomic mass is 10.2. The van der Waals surface area contributed by atoms with Gasteiger partial charge in [0.1, 0.15) is 12.3 Å². The van der Waals surface area contributed by atoms with Gasteiger partial charge in [-0.1, -0.05) is 11.6 Å². The average Bonchev–Trinajstić information content (AvgIpc) is 2.75. The smallest absolute Gasteiger partial charge is 0.325 e. The summed E-state index contributed by atoms with van der Waals surface area (Å²) >= 11 is 6.67. The molecule has 0 radical (unpaired) electrons. The number of methoxy groups -OCH3 is 2. The Labute approximate surface area is 136 Å². The van der Waals surface area contributed by atoms with Crippen molar-refractivity contribution >= 4 is 46.6 Å². The van der Waals surface area contributed by atoms with Gasteiger partial charge >= 0.3 is 5.97 Å². The van der Waals surface area contributed by atoms with Crippen LogP contribution in [-0.2, 0) is 14.3 Å². The Morgan fingerprint density at radius 3 is 2.73 bits per heavy atom. The Morgan fingerprint density at radius 1 is 1.36 bits per heavy atom. The molecule has 0 saturated carbocycles. The first-order chi connectivity index (χ1) is 10.5. The second kappa shape index (κ2) is 6.85. The Morgan fingerprint density at radius 2 is 2.09 bits per heavy atom. The second-order valence-electron chi connectivity index (χ2n) is 4.23. The number of benzene rings is 1. The zero-order chi connectivity index (χ0) is 16.3. The molecule has 8 heteroatoms. The topological polar surface area (TPSA) is 72.9 Å². The minimum Gasteiger partial charge on any atom is -0.496 e. The number of ether oxygens (including phenoxy) is 2. The Hall–Kier alpha value is -1.99. The van der Waals surface area contributed by atoms with Crippen LogP contribution < -0.4 is 4.74 Å². The van der Waals surface area contributed by atoms with Crippen LogP contribution in [0.5, 0.6) is 5.75 Å². The fraction of sp³-hybridized carbons (Fsp3) is 0.214. The molecular weight excluding hydrogens is 330 g/mol. The maximum atomic E-state index is 12.2. The number of amides is 2. The molecular formula is C14H12ClNO5S. The van der Waals surface area contributed by atoms with Gasteiger partial charge in [-0.25, -0.2) is 0 Å². The average molecular weight is 342 g/mol. The molecule has 0 spiro atoms. The van der Waals surface area contributed by atoms with Gasteiger partial charge in [-0.2, -0.15) is 0 Å². The molecule has 1 aromatic rings. The van der Waals surface area contributed by atoms with Crippen LogP contribution >= 0.6 is 23.4 Å². The van der Waals surface area contributed by atoms with Gasteiger partial charge in [0, 0.05) is 10.6 Å². The molecule has 0 unspecified atom stereocenters. The summed E-state index contributed by atoms with van der Waals surface area (Å²) in [4.78, 5) is 36.3. The number of halogens is 1. The van der Waals surface area contributed by atoms with Crippen molar-refractivity contribution in [1.82, 2.24) is 4.90 Å².